The summed E-state index contributed by atoms with van der Waals surface area (Å²) < 4.78 is 5.09. The molecule has 0 saturated heterocycles. The minimum absolute atomic E-state index is 0.0710. The van der Waals surface area contributed by atoms with Crippen molar-refractivity contribution in [1.29, 1.82) is 0 Å². The van der Waals surface area contributed by atoms with Crippen LogP contribution in [-0.2, 0) is 4.79 Å². The van der Waals surface area contributed by atoms with Crippen LogP contribution in [0.15, 0.2) is 41.3 Å². The van der Waals surface area contributed by atoms with Gasteiger partial charge in [0.15, 0.2) is 0 Å². The van der Waals surface area contributed by atoms with E-state index in [1.54, 1.807) is 7.11 Å². The first-order valence-electron chi connectivity index (χ1n) is 6.71. The lowest BCUT2D eigenvalue weighted by atomic mass is 10.1. The second-order valence-electron chi connectivity index (χ2n) is 4.48. The maximum atomic E-state index is 12.0. The van der Waals surface area contributed by atoms with Crippen molar-refractivity contribution in [2.75, 3.05) is 7.11 Å². The molecule has 1 aromatic rings. The van der Waals surface area contributed by atoms with Gasteiger partial charge in [-0.1, -0.05) is 32.8 Å². The Morgan fingerprint density at radius 3 is 2.47 bits per heavy atom. The third-order valence-corrected chi connectivity index (χ3v) is 3.87. The largest absolute Gasteiger partial charge is 0.497 e. The first kappa shape index (κ1) is 15.8. The maximum absolute atomic E-state index is 12.0. The Balaban J connectivity index is 2.38. The Hall–Kier alpha value is -1.22. The van der Waals surface area contributed by atoms with E-state index in [1.807, 2.05) is 24.3 Å². The van der Waals surface area contributed by atoms with Crippen molar-refractivity contribution in [3.63, 3.8) is 0 Å². The normalized spacial score (nSPS) is 10.2. The molecule has 2 nitrogen and oxygen atoms in total. The summed E-state index contributed by atoms with van der Waals surface area (Å²) in [4.78, 5) is 12.9. The zero-order valence-corrected chi connectivity index (χ0v) is 12.6. The highest BCUT2D eigenvalue weighted by Gasteiger charge is 2.09. The Morgan fingerprint density at radius 1 is 1.21 bits per heavy atom. The van der Waals surface area contributed by atoms with Crippen LogP contribution in [0.5, 0.6) is 5.75 Å². The summed E-state index contributed by atoms with van der Waals surface area (Å²) in [5, 5.41) is 0.0710. The molecule has 3 heteroatoms. The molecule has 0 amide bonds. The minimum Gasteiger partial charge on any atom is -0.497 e. The van der Waals surface area contributed by atoms with Crippen LogP contribution in [0.4, 0.5) is 0 Å². The molecule has 0 bridgehead atoms. The zero-order valence-electron chi connectivity index (χ0n) is 11.8. The number of methoxy groups -OCH3 is 1. The predicted molar refractivity (Wildman–Crippen MR) is 81.8 cm³/mol. The maximum Gasteiger partial charge on any atom is 0.219 e. The number of unbranched alkanes of at least 4 members (excludes halogenated alkanes) is 3. The summed E-state index contributed by atoms with van der Waals surface area (Å²) >= 11 is 1.24. The third kappa shape index (κ3) is 5.97. The Kier molecular flexibility index (Phi) is 7.34. The van der Waals surface area contributed by atoms with Gasteiger partial charge >= 0.3 is 0 Å². The standard InChI is InChI=1S/C16H22O2S/c1-4-5-6-7-8-13(2)16(17)19-15-11-9-14(18-3)10-12-15/h9-12H,2,4-8H2,1,3H3. The molecule has 1 aromatic carbocycles. The van der Waals surface area contributed by atoms with Crippen molar-refractivity contribution in [3.8, 4) is 5.75 Å². The molecule has 0 unspecified atom stereocenters. The van der Waals surface area contributed by atoms with E-state index < -0.39 is 0 Å². The molecule has 0 aromatic heterocycles. The van der Waals surface area contributed by atoms with Crippen molar-refractivity contribution in [2.45, 2.75) is 43.9 Å². The van der Waals surface area contributed by atoms with Gasteiger partial charge < -0.3 is 4.74 Å². The molecule has 0 heterocycles. The van der Waals surface area contributed by atoms with Crippen molar-refractivity contribution in [3.05, 3.63) is 36.4 Å². The summed E-state index contributed by atoms with van der Waals surface area (Å²) in [6.07, 6.45) is 5.48. The second kappa shape index (κ2) is 8.81. The Morgan fingerprint density at radius 2 is 1.89 bits per heavy atom. The average molecular weight is 278 g/mol. The fourth-order valence-electron chi connectivity index (χ4n) is 1.69. The zero-order chi connectivity index (χ0) is 14.1. The number of rotatable bonds is 8. The van der Waals surface area contributed by atoms with Crippen LogP contribution in [0.1, 0.15) is 39.0 Å². The van der Waals surface area contributed by atoms with Gasteiger partial charge in [-0.05, 0) is 54.4 Å². The topological polar surface area (TPSA) is 26.3 Å². The second-order valence-corrected chi connectivity index (χ2v) is 5.53. The molecule has 0 atom stereocenters. The van der Waals surface area contributed by atoms with Gasteiger partial charge in [0.25, 0.3) is 0 Å². The van der Waals surface area contributed by atoms with Crippen LogP contribution in [0.25, 0.3) is 0 Å². The van der Waals surface area contributed by atoms with Crippen LogP contribution in [0.3, 0.4) is 0 Å². The highest BCUT2D eigenvalue weighted by atomic mass is 32.2. The smallest absolute Gasteiger partial charge is 0.219 e. The molecule has 0 fully saturated rings. The number of benzene rings is 1. The molecular formula is C16H22O2S. The summed E-state index contributed by atoms with van der Waals surface area (Å²) in [5.41, 5.74) is 0.719. The number of hydrogen-bond acceptors (Lipinski definition) is 3. The molecule has 19 heavy (non-hydrogen) atoms. The molecule has 0 aliphatic heterocycles. The fraction of sp³-hybridized carbons (Fsp3) is 0.438. The summed E-state index contributed by atoms with van der Waals surface area (Å²) in [6, 6.07) is 7.51. The van der Waals surface area contributed by atoms with E-state index in [0.29, 0.717) is 0 Å². The van der Waals surface area contributed by atoms with Gasteiger partial charge in [0, 0.05) is 4.90 Å². The first-order valence-corrected chi connectivity index (χ1v) is 7.53. The van der Waals surface area contributed by atoms with Crippen LogP contribution < -0.4 is 4.74 Å². The number of hydrogen-bond donors (Lipinski definition) is 0. The van der Waals surface area contributed by atoms with Crippen molar-refractivity contribution < 1.29 is 9.53 Å². The van der Waals surface area contributed by atoms with Crippen molar-refractivity contribution in [1.82, 2.24) is 0 Å². The lowest BCUT2D eigenvalue weighted by Crippen LogP contribution is -1.96. The molecule has 0 aliphatic rings. The van der Waals surface area contributed by atoms with Gasteiger partial charge in [-0.3, -0.25) is 4.79 Å². The third-order valence-electron chi connectivity index (χ3n) is 2.89. The summed E-state index contributed by atoms with van der Waals surface area (Å²) in [5.74, 6) is 0.801. The molecule has 104 valence electrons. The molecule has 0 saturated carbocycles. The molecule has 0 radical (unpaired) electrons. The minimum atomic E-state index is 0.0710. The van der Waals surface area contributed by atoms with E-state index in [9.17, 15) is 4.79 Å². The lowest BCUT2D eigenvalue weighted by Gasteiger charge is -2.05. The van der Waals surface area contributed by atoms with E-state index in [-0.39, 0.29) is 5.12 Å². The van der Waals surface area contributed by atoms with Gasteiger partial charge in [-0.25, -0.2) is 0 Å². The van der Waals surface area contributed by atoms with Crippen LogP contribution in [-0.4, -0.2) is 12.2 Å². The van der Waals surface area contributed by atoms with Gasteiger partial charge in [-0.15, -0.1) is 0 Å². The van der Waals surface area contributed by atoms with Gasteiger partial charge in [-0.2, -0.15) is 0 Å². The van der Waals surface area contributed by atoms with Gasteiger partial charge in [0.1, 0.15) is 5.75 Å². The SMILES string of the molecule is C=C(CCCCCC)C(=O)Sc1ccc(OC)cc1. The van der Waals surface area contributed by atoms with Gasteiger partial charge in [0.05, 0.1) is 7.11 Å². The number of ether oxygens (including phenoxy) is 1. The summed E-state index contributed by atoms with van der Waals surface area (Å²) in [6.45, 7) is 6.07. The molecule has 0 aliphatic carbocycles. The highest BCUT2D eigenvalue weighted by molar-refractivity contribution is 8.14. The van der Waals surface area contributed by atoms with E-state index in [2.05, 4.69) is 13.5 Å². The molecule has 0 N–H and O–H groups in total. The molecule has 0 spiro atoms. The highest BCUT2D eigenvalue weighted by Crippen LogP contribution is 2.25. The summed E-state index contributed by atoms with van der Waals surface area (Å²) in [7, 11) is 1.63. The Labute approximate surface area is 120 Å². The van der Waals surface area contributed by atoms with Crippen molar-refractivity contribution >= 4 is 16.9 Å². The molecule has 1 rings (SSSR count). The van der Waals surface area contributed by atoms with Crippen LogP contribution in [0, 0.1) is 0 Å². The van der Waals surface area contributed by atoms with E-state index in [0.717, 1.165) is 29.1 Å². The van der Waals surface area contributed by atoms with Crippen LogP contribution >= 0.6 is 11.8 Å². The number of carbonyl (C=O) groups excluding carboxylic acids is 1. The quantitative estimate of drug-likeness (QED) is 0.386. The number of carbonyl (C=O) groups is 1. The van der Waals surface area contributed by atoms with Crippen molar-refractivity contribution in [2.24, 2.45) is 0 Å². The van der Waals surface area contributed by atoms with E-state index in [1.165, 1.54) is 31.0 Å². The van der Waals surface area contributed by atoms with Crippen LogP contribution in [0.2, 0.25) is 0 Å². The van der Waals surface area contributed by atoms with E-state index in [4.69, 9.17) is 4.74 Å². The number of thioether (sulfide) groups is 1. The van der Waals surface area contributed by atoms with Gasteiger partial charge in [0.2, 0.25) is 5.12 Å². The fourth-order valence-corrected chi connectivity index (χ4v) is 2.42. The average Bonchev–Trinajstić information content (AvgIpc) is 2.44. The first-order chi connectivity index (χ1) is 9.17. The Bertz CT molecular complexity index is 409. The predicted octanol–water partition coefficient (Wildman–Crippen LogP) is 4.84. The lowest BCUT2D eigenvalue weighted by molar-refractivity contribution is -0.108. The van der Waals surface area contributed by atoms with E-state index >= 15 is 0 Å². The monoisotopic (exact) mass is 278 g/mol. The molecular weight excluding hydrogens is 256 g/mol.